The molecule has 0 bridgehead atoms. The Morgan fingerprint density at radius 3 is 2.21 bits per heavy atom. The van der Waals surface area contributed by atoms with Crippen LogP contribution in [0.2, 0.25) is 0 Å². The first-order valence-electron chi connectivity index (χ1n) is 5.03. The Kier molecular flexibility index (Phi) is 6.05. The Balaban J connectivity index is 4.24. The van der Waals surface area contributed by atoms with Gasteiger partial charge < -0.3 is 0 Å². The van der Waals surface area contributed by atoms with Gasteiger partial charge in [-0.2, -0.15) is 0 Å². The van der Waals surface area contributed by atoms with E-state index in [0.29, 0.717) is 24.1 Å². The van der Waals surface area contributed by atoms with Crippen LogP contribution in [-0.4, -0.2) is 28.8 Å². The molecule has 0 fully saturated rings. The molecule has 0 heterocycles. The van der Waals surface area contributed by atoms with Gasteiger partial charge in [0.15, 0.2) is 0 Å². The molecule has 2 nitrogen and oxygen atoms in total. The fraction of sp³-hybridized carbons (Fsp3) is 0.727. The third-order valence-corrected chi connectivity index (χ3v) is 2.68. The van der Waals surface area contributed by atoms with E-state index in [4.69, 9.17) is 11.6 Å². The average Bonchev–Trinajstić information content (AvgIpc) is 2.04. The number of carbonyl (C=O) groups excluding carboxylic acids is 1. The smallest absolute Gasteiger partial charge is 0.247 e. The van der Waals surface area contributed by atoms with Crippen LogP contribution < -0.4 is 0 Å². The van der Waals surface area contributed by atoms with Crippen molar-refractivity contribution in [2.45, 2.75) is 46.2 Å². The van der Waals surface area contributed by atoms with Crippen LogP contribution in [0.25, 0.3) is 0 Å². The summed E-state index contributed by atoms with van der Waals surface area (Å²) < 4.78 is 0. The summed E-state index contributed by atoms with van der Waals surface area (Å²) in [6.45, 7) is 13.1. The van der Waals surface area contributed by atoms with Gasteiger partial charge in [0.25, 0.3) is 0 Å². The molecule has 0 amide bonds. The van der Waals surface area contributed by atoms with Crippen molar-refractivity contribution in [1.82, 2.24) is 4.90 Å². The Morgan fingerprint density at radius 1 is 1.43 bits per heavy atom. The van der Waals surface area contributed by atoms with Gasteiger partial charge in [-0.05, 0) is 45.3 Å². The molecule has 0 saturated heterocycles. The van der Waals surface area contributed by atoms with Gasteiger partial charge in [0.1, 0.15) is 0 Å². The van der Waals surface area contributed by atoms with Crippen molar-refractivity contribution in [2.24, 2.45) is 0 Å². The Labute approximate surface area is 91.9 Å². The van der Waals surface area contributed by atoms with Crippen LogP contribution in [0.15, 0.2) is 12.2 Å². The zero-order valence-corrected chi connectivity index (χ0v) is 10.3. The summed E-state index contributed by atoms with van der Waals surface area (Å²) in [5.74, 6) is 0. The van der Waals surface area contributed by atoms with Gasteiger partial charge in [-0.1, -0.05) is 13.5 Å². The fourth-order valence-corrected chi connectivity index (χ4v) is 1.82. The lowest BCUT2D eigenvalue weighted by atomic mass is 10.1. The number of hydrogen-bond donors (Lipinski definition) is 0. The molecule has 82 valence electrons. The van der Waals surface area contributed by atoms with E-state index < -0.39 is 5.24 Å². The van der Waals surface area contributed by atoms with E-state index in [-0.39, 0.29) is 0 Å². The predicted molar refractivity (Wildman–Crippen MR) is 61.6 cm³/mol. The van der Waals surface area contributed by atoms with E-state index in [0.717, 1.165) is 6.54 Å². The summed E-state index contributed by atoms with van der Waals surface area (Å²) >= 11 is 5.34. The van der Waals surface area contributed by atoms with Gasteiger partial charge in [-0.3, -0.25) is 9.69 Å². The number of rotatable bonds is 6. The van der Waals surface area contributed by atoms with Crippen molar-refractivity contribution in [3.63, 3.8) is 0 Å². The minimum atomic E-state index is -0.420. The number of nitrogens with zero attached hydrogens (tertiary/aromatic N) is 1. The van der Waals surface area contributed by atoms with E-state index in [1.807, 2.05) is 0 Å². The summed E-state index contributed by atoms with van der Waals surface area (Å²) in [6.07, 6.45) is 0.647. The molecule has 3 heteroatoms. The van der Waals surface area contributed by atoms with E-state index in [9.17, 15) is 4.79 Å². The van der Waals surface area contributed by atoms with E-state index >= 15 is 0 Å². The molecule has 0 aliphatic heterocycles. The summed E-state index contributed by atoms with van der Waals surface area (Å²) in [5, 5.41) is -0.420. The molecular formula is C11H20ClNO. The average molecular weight is 218 g/mol. The Morgan fingerprint density at radius 2 is 1.93 bits per heavy atom. The lowest BCUT2D eigenvalue weighted by molar-refractivity contribution is -0.108. The zero-order chi connectivity index (χ0) is 11.3. The van der Waals surface area contributed by atoms with Crippen molar-refractivity contribution in [3.05, 3.63) is 12.2 Å². The molecule has 0 radical (unpaired) electrons. The monoisotopic (exact) mass is 217 g/mol. The van der Waals surface area contributed by atoms with Crippen molar-refractivity contribution >= 4 is 16.8 Å². The standard InChI is InChI=1S/C11H20ClNO/c1-6-13(8(2)3)10(5)7-9(4)11(12)14/h8,10H,4,6-7H2,1-3,5H3. The summed E-state index contributed by atoms with van der Waals surface area (Å²) in [5.41, 5.74) is 0.498. The van der Waals surface area contributed by atoms with Crippen molar-refractivity contribution in [3.8, 4) is 0 Å². The predicted octanol–water partition coefficient (Wildman–Crippen LogP) is 2.82. The van der Waals surface area contributed by atoms with E-state index in [1.54, 1.807) is 0 Å². The van der Waals surface area contributed by atoms with Crippen LogP contribution in [0.5, 0.6) is 0 Å². The Hall–Kier alpha value is -0.340. The van der Waals surface area contributed by atoms with Crippen LogP contribution in [0.1, 0.15) is 34.1 Å². The topological polar surface area (TPSA) is 20.3 Å². The number of halogens is 1. The third kappa shape index (κ3) is 4.25. The van der Waals surface area contributed by atoms with Crippen LogP contribution in [-0.2, 0) is 4.79 Å². The maximum absolute atomic E-state index is 10.8. The fourth-order valence-electron chi connectivity index (χ4n) is 1.74. The molecule has 0 aromatic carbocycles. The molecule has 0 rings (SSSR count). The number of hydrogen-bond acceptors (Lipinski definition) is 2. The molecule has 0 spiro atoms. The van der Waals surface area contributed by atoms with Crippen molar-refractivity contribution in [1.29, 1.82) is 0 Å². The molecule has 0 aliphatic carbocycles. The summed E-state index contributed by atoms with van der Waals surface area (Å²) in [6, 6.07) is 0.795. The summed E-state index contributed by atoms with van der Waals surface area (Å²) in [7, 11) is 0. The lowest BCUT2D eigenvalue weighted by Gasteiger charge is -2.31. The van der Waals surface area contributed by atoms with Crippen LogP contribution in [0, 0.1) is 0 Å². The molecule has 0 aromatic rings. The first-order valence-corrected chi connectivity index (χ1v) is 5.41. The van der Waals surface area contributed by atoms with Gasteiger partial charge >= 0.3 is 0 Å². The molecule has 0 N–H and O–H groups in total. The highest BCUT2D eigenvalue weighted by molar-refractivity contribution is 6.67. The molecule has 1 atom stereocenters. The van der Waals surface area contributed by atoms with Crippen LogP contribution in [0.3, 0.4) is 0 Å². The SMILES string of the molecule is C=C(CC(C)N(CC)C(C)C)C(=O)Cl. The number of carbonyl (C=O) groups is 1. The maximum atomic E-state index is 10.8. The largest absolute Gasteiger partial charge is 0.298 e. The second-order valence-corrected chi connectivity index (χ2v) is 4.20. The van der Waals surface area contributed by atoms with Crippen LogP contribution >= 0.6 is 11.6 Å². The highest BCUT2D eigenvalue weighted by Crippen LogP contribution is 2.14. The third-order valence-electron chi connectivity index (χ3n) is 2.41. The second kappa shape index (κ2) is 6.20. The van der Waals surface area contributed by atoms with E-state index in [1.165, 1.54) is 0 Å². The van der Waals surface area contributed by atoms with Gasteiger partial charge in [0.2, 0.25) is 5.24 Å². The van der Waals surface area contributed by atoms with Crippen molar-refractivity contribution in [2.75, 3.05) is 6.54 Å². The van der Waals surface area contributed by atoms with Crippen LogP contribution in [0.4, 0.5) is 0 Å². The molecule has 1 unspecified atom stereocenters. The molecule has 0 aliphatic rings. The Bertz CT molecular complexity index is 213. The molecule has 0 saturated carbocycles. The van der Waals surface area contributed by atoms with Gasteiger partial charge in [0.05, 0.1) is 0 Å². The maximum Gasteiger partial charge on any atom is 0.247 e. The highest BCUT2D eigenvalue weighted by Gasteiger charge is 2.17. The quantitative estimate of drug-likeness (QED) is 0.504. The normalized spacial score (nSPS) is 13.4. The van der Waals surface area contributed by atoms with Gasteiger partial charge in [-0.15, -0.1) is 0 Å². The molecule has 0 aromatic heterocycles. The lowest BCUT2D eigenvalue weighted by Crippen LogP contribution is -2.38. The second-order valence-electron chi connectivity index (χ2n) is 3.85. The minimum absolute atomic E-state index is 0.315. The van der Waals surface area contributed by atoms with Gasteiger partial charge in [-0.25, -0.2) is 0 Å². The first kappa shape index (κ1) is 13.7. The van der Waals surface area contributed by atoms with Gasteiger partial charge in [0, 0.05) is 17.7 Å². The minimum Gasteiger partial charge on any atom is -0.298 e. The highest BCUT2D eigenvalue weighted by atomic mass is 35.5. The van der Waals surface area contributed by atoms with E-state index in [2.05, 4.69) is 39.2 Å². The van der Waals surface area contributed by atoms with Crippen molar-refractivity contribution < 1.29 is 4.79 Å². The summed E-state index contributed by atoms with van der Waals surface area (Å²) in [4.78, 5) is 13.1. The molecular weight excluding hydrogens is 198 g/mol. The zero-order valence-electron chi connectivity index (χ0n) is 9.51. The molecule has 14 heavy (non-hydrogen) atoms. The first-order chi connectivity index (χ1) is 6.40.